The Morgan fingerprint density at radius 3 is 2.53 bits per heavy atom. The SMILES string of the molecule is CCC(N[C@H](CCO)c1ccccc1)C1CC1. The van der Waals surface area contributed by atoms with Crippen LogP contribution in [0.2, 0.25) is 0 Å². The Kier molecular flexibility index (Phi) is 4.57. The van der Waals surface area contributed by atoms with Gasteiger partial charge in [0.15, 0.2) is 0 Å². The lowest BCUT2D eigenvalue weighted by Gasteiger charge is -2.25. The lowest BCUT2D eigenvalue weighted by Crippen LogP contribution is -2.34. The molecule has 2 rings (SSSR count). The average molecular weight is 233 g/mol. The number of hydrogen-bond acceptors (Lipinski definition) is 2. The van der Waals surface area contributed by atoms with Crippen LogP contribution >= 0.6 is 0 Å². The lowest BCUT2D eigenvalue weighted by atomic mass is 10.0. The summed E-state index contributed by atoms with van der Waals surface area (Å²) in [5.74, 6) is 0.866. The normalized spacial score (nSPS) is 18.9. The van der Waals surface area contributed by atoms with Gasteiger partial charge in [-0.1, -0.05) is 37.3 Å². The van der Waals surface area contributed by atoms with Crippen LogP contribution in [0.5, 0.6) is 0 Å². The maximum absolute atomic E-state index is 9.20. The van der Waals surface area contributed by atoms with E-state index in [0.29, 0.717) is 12.1 Å². The average Bonchev–Trinajstić information content (AvgIpc) is 3.20. The molecule has 2 heteroatoms. The second kappa shape index (κ2) is 6.18. The molecule has 2 nitrogen and oxygen atoms in total. The van der Waals surface area contributed by atoms with Crippen molar-refractivity contribution < 1.29 is 5.11 Å². The van der Waals surface area contributed by atoms with E-state index >= 15 is 0 Å². The number of hydrogen-bond donors (Lipinski definition) is 2. The van der Waals surface area contributed by atoms with Gasteiger partial charge in [0.05, 0.1) is 0 Å². The number of aliphatic hydroxyl groups excluding tert-OH is 1. The summed E-state index contributed by atoms with van der Waals surface area (Å²) in [7, 11) is 0. The fourth-order valence-corrected chi connectivity index (χ4v) is 2.50. The van der Waals surface area contributed by atoms with E-state index in [-0.39, 0.29) is 6.61 Å². The van der Waals surface area contributed by atoms with Gasteiger partial charge in [0.2, 0.25) is 0 Å². The Labute approximate surface area is 104 Å². The molecule has 1 aliphatic rings. The molecular formula is C15H23NO. The molecule has 1 fully saturated rings. The molecule has 2 atom stereocenters. The minimum absolute atomic E-state index is 0.244. The largest absolute Gasteiger partial charge is 0.396 e. The van der Waals surface area contributed by atoms with Gasteiger partial charge in [-0.2, -0.15) is 0 Å². The molecule has 0 heterocycles. The minimum Gasteiger partial charge on any atom is -0.396 e. The van der Waals surface area contributed by atoms with Crippen molar-refractivity contribution in [2.75, 3.05) is 6.61 Å². The first-order valence-electron chi connectivity index (χ1n) is 6.77. The topological polar surface area (TPSA) is 32.3 Å². The predicted molar refractivity (Wildman–Crippen MR) is 70.8 cm³/mol. The van der Waals surface area contributed by atoms with E-state index in [1.165, 1.54) is 24.8 Å². The third kappa shape index (κ3) is 3.55. The summed E-state index contributed by atoms with van der Waals surface area (Å²) in [6, 6.07) is 11.4. The van der Waals surface area contributed by atoms with E-state index < -0.39 is 0 Å². The first-order chi connectivity index (χ1) is 8.35. The number of rotatable bonds is 7. The van der Waals surface area contributed by atoms with Crippen LogP contribution in [0.15, 0.2) is 30.3 Å². The summed E-state index contributed by atoms with van der Waals surface area (Å²) in [5, 5.41) is 12.9. The Morgan fingerprint density at radius 2 is 2.00 bits per heavy atom. The molecule has 2 N–H and O–H groups in total. The maximum atomic E-state index is 9.20. The van der Waals surface area contributed by atoms with Gasteiger partial charge in [-0.3, -0.25) is 0 Å². The van der Waals surface area contributed by atoms with Crippen LogP contribution in [-0.2, 0) is 0 Å². The van der Waals surface area contributed by atoms with Crippen molar-refractivity contribution in [3.63, 3.8) is 0 Å². The van der Waals surface area contributed by atoms with Crippen molar-refractivity contribution in [1.29, 1.82) is 0 Å². The minimum atomic E-state index is 0.244. The highest BCUT2D eigenvalue weighted by Crippen LogP contribution is 2.35. The molecule has 0 aliphatic heterocycles. The number of benzene rings is 1. The van der Waals surface area contributed by atoms with Crippen molar-refractivity contribution in [2.24, 2.45) is 5.92 Å². The Bertz CT molecular complexity index is 321. The van der Waals surface area contributed by atoms with Gasteiger partial charge >= 0.3 is 0 Å². The molecule has 17 heavy (non-hydrogen) atoms. The quantitative estimate of drug-likeness (QED) is 0.759. The third-order valence-electron chi connectivity index (χ3n) is 3.67. The van der Waals surface area contributed by atoms with E-state index in [4.69, 9.17) is 0 Å². The lowest BCUT2D eigenvalue weighted by molar-refractivity contribution is 0.254. The van der Waals surface area contributed by atoms with Gasteiger partial charge in [0.1, 0.15) is 0 Å². The molecule has 1 aliphatic carbocycles. The Morgan fingerprint density at radius 1 is 1.29 bits per heavy atom. The zero-order valence-electron chi connectivity index (χ0n) is 10.6. The summed E-state index contributed by atoms with van der Waals surface area (Å²) in [5.41, 5.74) is 1.29. The van der Waals surface area contributed by atoms with Gasteiger partial charge in [0, 0.05) is 18.7 Å². The van der Waals surface area contributed by atoms with E-state index in [2.05, 4.69) is 36.5 Å². The molecule has 0 amide bonds. The van der Waals surface area contributed by atoms with Gasteiger partial charge in [-0.25, -0.2) is 0 Å². The smallest absolute Gasteiger partial charge is 0.0449 e. The molecule has 1 unspecified atom stereocenters. The van der Waals surface area contributed by atoms with E-state index in [0.717, 1.165) is 12.3 Å². The first kappa shape index (κ1) is 12.6. The molecule has 0 spiro atoms. The van der Waals surface area contributed by atoms with E-state index in [1.54, 1.807) is 0 Å². The van der Waals surface area contributed by atoms with Crippen LogP contribution in [0.3, 0.4) is 0 Å². The van der Waals surface area contributed by atoms with Crippen LogP contribution in [-0.4, -0.2) is 17.8 Å². The fourth-order valence-electron chi connectivity index (χ4n) is 2.50. The van der Waals surface area contributed by atoms with Gasteiger partial charge < -0.3 is 10.4 Å². The first-order valence-corrected chi connectivity index (χ1v) is 6.77. The van der Waals surface area contributed by atoms with Crippen molar-refractivity contribution in [3.05, 3.63) is 35.9 Å². The summed E-state index contributed by atoms with van der Waals surface area (Å²) in [6.07, 6.45) is 4.71. The van der Waals surface area contributed by atoms with Gasteiger partial charge in [-0.05, 0) is 37.2 Å². The molecule has 0 radical (unpaired) electrons. The second-order valence-corrected chi connectivity index (χ2v) is 4.99. The van der Waals surface area contributed by atoms with Crippen molar-refractivity contribution in [2.45, 2.75) is 44.7 Å². The van der Waals surface area contributed by atoms with Gasteiger partial charge in [0.25, 0.3) is 0 Å². The van der Waals surface area contributed by atoms with Crippen molar-refractivity contribution in [1.82, 2.24) is 5.32 Å². The van der Waals surface area contributed by atoms with Gasteiger partial charge in [-0.15, -0.1) is 0 Å². The molecule has 0 bridgehead atoms. The molecule has 1 aromatic carbocycles. The molecule has 1 saturated carbocycles. The van der Waals surface area contributed by atoms with E-state index in [1.807, 2.05) is 6.07 Å². The van der Waals surface area contributed by atoms with E-state index in [9.17, 15) is 5.11 Å². The highest BCUT2D eigenvalue weighted by molar-refractivity contribution is 5.19. The van der Waals surface area contributed by atoms with Crippen LogP contribution in [0.1, 0.15) is 44.2 Å². The molecule has 0 aromatic heterocycles. The maximum Gasteiger partial charge on any atom is 0.0449 e. The Balaban J connectivity index is 2.01. The highest BCUT2D eigenvalue weighted by Gasteiger charge is 2.31. The molecule has 1 aromatic rings. The highest BCUT2D eigenvalue weighted by atomic mass is 16.3. The summed E-state index contributed by atoms with van der Waals surface area (Å²) >= 11 is 0. The monoisotopic (exact) mass is 233 g/mol. The van der Waals surface area contributed by atoms with Crippen LogP contribution in [0.4, 0.5) is 0 Å². The summed E-state index contributed by atoms with van der Waals surface area (Å²) in [6.45, 7) is 2.49. The van der Waals surface area contributed by atoms with Crippen LogP contribution in [0, 0.1) is 5.92 Å². The number of aliphatic hydroxyl groups is 1. The summed E-state index contributed by atoms with van der Waals surface area (Å²) < 4.78 is 0. The van der Waals surface area contributed by atoms with Crippen LogP contribution in [0.25, 0.3) is 0 Å². The molecule has 94 valence electrons. The third-order valence-corrected chi connectivity index (χ3v) is 3.67. The van der Waals surface area contributed by atoms with Crippen molar-refractivity contribution >= 4 is 0 Å². The summed E-state index contributed by atoms with van der Waals surface area (Å²) in [4.78, 5) is 0. The predicted octanol–water partition coefficient (Wildman–Crippen LogP) is 2.89. The fraction of sp³-hybridized carbons (Fsp3) is 0.600. The second-order valence-electron chi connectivity index (χ2n) is 4.99. The number of nitrogens with one attached hydrogen (secondary N) is 1. The van der Waals surface area contributed by atoms with Crippen molar-refractivity contribution in [3.8, 4) is 0 Å². The zero-order chi connectivity index (χ0) is 12.1. The van der Waals surface area contributed by atoms with Crippen LogP contribution < -0.4 is 5.32 Å². The molecular weight excluding hydrogens is 210 g/mol. The molecule has 0 saturated heterocycles. The Hall–Kier alpha value is -0.860. The standard InChI is InChI=1S/C15H23NO/c1-2-14(13-8-9-13)16-15(10-11-17)12-6-4-3-5-7-12/h3-7,13-17H,2,8-11H2,1H3/t14?,15-/m1/s1. The zero-order valence-corrected chi connectivity index (χ0v) is 10.6.